The summed E-state index contributed by atoms with van der Waals surface area (Å²) < 4.78 is 5.26. The van der Waals surface area contributed by atoms with Gasteiger partial charge in [0.15, 0.2) is 0 Å². The Morgan fingerprint density at radius 3 is 2.75 bits per heavy atom. The summed E-state index contributed by atoms with van der Waals surface area (Å²) in [4.78, 5) is 7.68. The molecule has 1 N–H and O–H groups in total. The van der Waals surface area contributed by atoms with Crippen molar-refractivity contribution in [3.63, 3.8) is 0 Å². The summed E-state index contributed by atoms with van der Waals surface area (Å²) in [5.74, 6) is 1.86. The lowest BCUT2D eigenvalue weighted by Crippen LogP contribution is -2.11. The van der Waals surface area contributed by atoms with Crippen LogP contribution in [0, 0.1) is 0 Å². The minimum absolute atomic E-state index is 0.209. The Morgan fingerprint density at radius 2 is 2.10 bits per heavy atom. The fourth-order valence-corrected chi connectivity index (χ4v) is 3.27. The topological polar surface area (TPSA) is 37.4 Å². The maximum atomic E-state index is 5.26. The van der Waals surface area contributed by atoms with E-state index in [2.05, 4.69) is 28.5 Å². The van der Waals surface area contributed by atoms with E-state index in [0.29, 0.717) is 0 Å². The number of thioether (sulfide) groups is 1. The summed E-state index contributed by atoms with van der Waals surface area (Å²) in [6, 6.07) is 10.3. The van der Waals surface area contributed by atoms with Crippen molar-refractivity contribution in [2.24, 2.45) is 0 Å². The van der Waals surface area contributed by atoms with E-state index in [1.165, 1.54) is 10.5 Å². The van der Waals surface area contributed by atoms with Gasteiger partial charge in [0.1, 0.15) is 16.9 Å². The molecule has 0 aliphatic carbocycles. The zero-order chi connectivity index (χ0) is 14.1. The molecule has 1 unspecified atom stereocenters. The van der Waals surface area contributed by atoms with Gasteiger partial charge in [-0.3, -0.25) is 0 Å². The van der Waals surface area contributed by atoms with Crippen LogP contribution in [0.4, 0.5) is 11.5 Å². The molecule has 1 aliphatic rings. The molecule has 5 heteroatoms. The van der Waals surface area contributed by atoms with Crippen LogP contribution in [0.3, 0.4) is 0 Å². The maximum Gasteiger partial charge on any atom is 0.127 e. The number of rotatable bonds is 3. The van der Waals surface area contributed by atoms with Crippen LogP contribution in [0.25, 0.3) is 0 Å². The summed E-state index contributed by atoms with van der Waals surface area (Å²) in [5.41, 5.74) is 2.33. The highest BCUT2D eigenvalue weighted by molar-refractivity contribution is 8.00. The molecule has 0 saturated carbocycles. The van der Waals surface area contributed by atoms with E-state index in [1.807, 2.05) is 37.3 Å². The monoisotopic (exact) mass is 287 g/mol. The minimum Gasteiger partial charge on any atom is -0.497 e. The average molecular weight is 287 g/mol. The molecule has 20 heavy (non-hydrogen) atoms. The van der Waals surface area contributed by atoms with Crippen LogP contribution >= 0.6 is 11.8 Å². The van der Waals surface area contributed by atoms with E-state index in [0.717, 1.165) is 17.3 Å². The molecule has 0 bridgehead atoms. The summed E-state index contributed by atoms with van der Waals surface area (Å²) in [6.07, 6.45) is 1.93. The number of methoxy groups -OCH3 is 1. The molecule has 1 aliphatic heterocycles. The van der Waals surface area contributed by atoms with E-state index < -0.39 is 0 Å². The van der Waals surface area contributed by atoms with Crippen molar-refractivity contribution in [2.75, 3.05) is 31.4 Å². The first-order valence-corrected chi connectivity index (χ1v) is 7.30. The molecular weight excluding hydrogens is 270 g/mol. The number of pyridine rings is 1. The second kappa shape index (κ2) is 5.25. The van der Waals surface area contributed by atoms with E-state index in [9.17, 15) is 0 Å². The second-order valence-electron chi connectivity index (χ2n) is 4.85. The summed E-state index contributed by atoms with van der Waals surface area (Å²) in [5, 5.41) is 3.71. The van der Waals surface area contributed by atoms with E-state index in [-0.39, 0.29) is 5.37 Å². The number of hydrogen-bond donors (Lipinski definition) is 1. The fraction of sp³-hybridized carbons (Fsp3) is 0.267. The highest BCUT2D eigenvalue weighted by atomic mass is 32.2. The number of nitrogens with zero attached hydrogens (tertiary/aromatic N) is 2. The molecule has 2 heterocycles. The van der Waals surface area contributed by atoms with Gasteiger partial charge in [0, 0.05) is 36.4 Å². The van der Waals surface area contributed by atoms with Gasteiger partial charge >= 0.3 is 0 Å². The first-order valence-electron chi connectivity index (χ1n) is 6.42. The second-order valence-corrected chi connectivity index (χ2v) is 6.00. The molecule has 0 fully saturated rings. The predicted octanol–water partition coefficient (Wildman–Crippen LogP) is 3.37. The number of benzene rings is 1. The number of ether oxygens (including phenoxy) is 1. The number of anilines is 2. The molecule has 104 valence electrons. The zero-order valence-corrected chi connectivity index (χ0v) is 12.6. The van der Waals surface area contributed by atoms with Gasteiger partial charge in [0.25, 0.3) is 0 Å². The maximum absolute atomic E-state index is 5.26. The number of nitrogens with one attached hydrogen (secondary N) is 1. The average Bonchev–Trinajstić information content (AvgIpc) is 2.90. The van der Waals surface area contributed by atoms with Gasteiger partial charge in [-0.05, 0) is 24.3 Å². The third kappa shape index (κ3) is 2.41. The number of fused-ring (bicyclic) bond motifs is 1. The van der Waals surface area contributed by atoms with Gasteiger partial charge in [-0.1, -0.05) is 17.8 Å². The van der Waals surface area contributed by atoms with Crippen LogP contribution < -0.4 is 15.0 Å². The van der Waals surface area contributed by atoms with Crippen molar-refractivity contribution in [3.05, 3.63) is 42.1 Å². The normalized spacial score (nSPS) is 16.4. The van der Waals surface area contributed by atoms with Crippen molar-refractivity contribution >= 4 is 23.3 Å². The van der Waals surface area contributed by atoms with Gasteiger partial charge in [0.2, 0.25) is 0 Å². The molecule has 0 spiro atoms. The standard InChI is InChI=1S/C15H17N3OS/c1-18(2)14-7-4-10(9-16-14)15-17-12-6-5-11(19-3)8-13(12)20-15/h4-9,15,17H,1-3H3. The van der Waals surface area contributed by atoms with E-state index >= 15 is 0 Å². The minimum atomic E-state index is 0.209. The van der Waals surface area contributed by atoms with Gasteiger partial charge < -0.3 is 15.0 Å². The molecule has 3 rings (SSSR count). The van der Waals surface area contributed by atoms with Crippen LogP contribution in [0.15, 0.2) is 41.4 Å². The number of aromatic nitrogens is 1. The number of hydrogen-bond acceptors (Lipinski definition) is 5. The van der Waals surface area contributed by atoms with Gasteiger partial charge in [-0.2, -0.15) is 0 Å². The quantitative estimate of drug-likeness (QED) is 0.936. The van der Waals surface area contributed by atoms with Crippen molar-refractivity contribution in [3.8, 4) is 5.75 Å². The lowest BCUT2D eigenvalue weighted by Gasteiger charge is -2.14. The first-order chi connectivity index (χ1) is 9.67. The zero-order valence-electron chi connectivity index (χ0n) is 11.8. The Kier molecular flexibility index (Phi) is 3.44. The molecule has 1 aromatic carbocycles. The van der Waals surface area contributed by atoms with Crippen molar-refractivity contribution in [1.29, 1.82) is 0 Å². The van der Waals surface area contributed by atoms with Crippen LogP contribution in [-0.2, 0) is 0 Å². The third-order valence-corrected chi connectivity index (χ3v) is 4.47. The summed E-state index contributed by atoms with van der Waals surface area (Å²) >= 11 is 1.79. The molecule has 2 aromatic rings. The van der Waals surface area contributed by atoms with Crippen molar-refractivity contribution < 1.29 is 4.74 Å². The molecule has 1 atom stereocenters. The highest BCUT2D eigenvalue weighted by Gasteiger charge is 2.23. The SMILES string of the molecule is COc1ccc2c(c1)SC(c1ccc(N(C)C)nc1)N2. The molecule has 4 nitrogen and oxygen atoms in total. The molecule has 0 saturated heterocycles. The van der Waals surface area contributed by atoms with Crippen LogP contribution in [-0.4, -0.2) is 26.2 Å². The Balaban J connectivity index is 1.80. The predicted molar refractivity (Wildman–Crippen MR) is 83.8 cm³/mol. The third-order valence-electron chi connectivity index (χ3n) is 3.25. The van der Waals surface area contributed by atoms with Crippen LogP contribution in [0.5, 0.6) is 5.75 Å². The summed E-state index contributed by atoms with van der Waals surface area (Å²) in [6.45, 7) is 0. The molecule has 0 amide bonds. The lowest BCUT2D eigenvalue weighted by atomic mass is 10.2. The van der Waals surface area contributed by atoms with Crippen molar-refractivity contribution in [2.45, 2.75) is 10.3 Å². The van der Waals surface area contributed by atoms with Crippen molar-refractivity contribution in [1.82, 2.24) is 4.98 Å². The largest absolute Gasteiger partial charge is 0.497 e. The summed E-state index contributed by atoms with van der Waals surface area (Å²) in [7, 11) is 5.68. The lowest BCUT2D eigenvalue weighted by molar-refractivity contribution is 0.414. The molecule has 0 radical (unpaired) electrons. The molecule has 1 aromatic heterocycles. The molecular formula is C15H17N3OS. The Labute approximate surface area is 123 Å². The van der Waals surface area contributed by atoms with Gasteiger partial charge in [0.05, 0.1) is 7.11 Å². The highest BCUT2D eigenvalue weighted by Crippen LogP contribution is 2.47. The smallest absolute Gasteiger partial charge is 0.127 e. The Bertz CT molecular complexity index is 613. The van der Waals surface area contributed by atoms with Gasteiger partial charge in [-0.25, -0.2) is 4.98 Å². The first kappa shape index (κ1) is 13.1. The fourth-order valence-electron chi connectivity index (χ4n) is 2.11. The van der Waals surface area contributed by atoms with Crippen LogP contribution in [0.2, 0.25) is 0 Å². The van der Waals surface area contributed by atoms with E-state index in [4.69, 9.17) is 4.74 Å². The Morgan fingerprint density at radius 1 is 1.25 bits per heavy atom. The van der Waals surface area contributed by atoms with Crippen LogP contribution in [0.1, 0.15) is 10.9 Å². The van der Waals surface area contributed by atoms with E-state index in [1.54, 1.807) is 18.9 Å². The Hall–Kier alpha value is -1.88. The van der Waals surface area contributed by atoms with Gasteiger partial charge in [-0.15, -0.1) is 0 Å².